The third-order valence-electron chi connectivity index (χ3n) is 9.30. The van der Waals surface area contributed by atoms with Gasteiger partial charge in [-0.3, -0.25) is 9.52 Å². The first-order valence-electron chi connectivity index (χ1n) is 16.8. The summed E-state index contributed by atoms with van der Waals surface area (Å²) in [6.45, 7) is 7.15. The first kappa shape index (κ1) is 37.6. The Morgan fingerprint density at radius 1 is 0.885 bits per heavy atom. The van der Waals surface area contributed by atoms with Gasteiger partial charge < -0.3 is 19.4 Å². The summed E-state index contributed by atoms with van der Waals surface area (Å²) in [4.78, 5) is 20.0. The van der Waals surface area contributed by atoms with Crippen LogP contribution in [0.4, 0.5) is 24.5 Å². The van der Waals surface area contributed by atoms with Crippen molar-refractivity contribution >= 4 is 50.5 Å². The number of sulfonamides is 1. The molecular formula is C36H37Cl2F3N6O4S. The summed E-state index contributed by atoms with van der Waals surface area (Å²) in [5, 5.41) is 7.28. The average molecular weight is 778 g/mol. The van der Waals surface area contributed by atoms with E-state index < -0.39 is 21.9 Å². The lowest BCUT2D eigenvalue weighted by molar-refractivity contribution is -0.141. The van der Waals surface area contributed by atoms with Gasteiger partial charge in [0.15, 0.2) is 5.69 Å². The largest absolute Gasteiger partial charge is 0.438 e. The maximum atomic E-state index is 13.8. The van der Waals surface area contributed by atoms with Gasteiger partial charge in [-0.25, -0.2) is 8.42 Å². The van der Waals surface area contributed by atoms with E-state index in [-0.39, 0.29) is 28.5 Å². The van der Waals surface area contributed by atoms with E-state index in [4.69, 9.17) is 27.9 Å². The van der Waals surface area contributed by atoms with Crippen LogP contribution in [-0.2, 0) is 22.0 Å². The summed E-state index contributed by atoms with van der Waals surface area (Å²) >= 11 is 12.2. The van der Waals surface area contributed by atoms with Gasteiger partial charge in [-0.05, 0) is 85.0 Å². The molecular weight excluding hydrogens is 740 g/mol. The number of hydrogen-bond donors (Lipinski definition) is 1. The van der Waals surface area contributed by atoms with E-state index >= 15 is 0 Å². The Balaban J connectivity index is 1.12. The molecule has 0 radical (unpaired) electrons. The fourth-order valence-electron chi connectivity index (χ4n) is 6.44. The van der Waals surface area contributed by atoms with Crippen LogP contribution in [-0.4, -0.2) is 80.1 Å². The van der Waals surface area contributed by atoms with Crippen molar-refractivity contribution in [2.75, 3.05) is 55.4 Å². The number of likely N-dealkylation sites (N-methyl/N-ethyl adjacent to an activating group) is 1. The maximum absolute atomic E-state index is 13.8. The van der Waals surface area contributed by atoms with Gasteiger partial charge in [-0.15, -0.1) is 10.2 Å². The maximum Gasteiger partial charge on any atom is 0.435 e. The lowest BCUT2D eigenvalue weighted by Crippen LogP contribution is -2.46. The number of alkyl halides is 3. The van der Waals surface area contributed by atoms with Crippen LogP contribution in [0.3, 0.4) is 0 Å². The molecule has 3 heterocycles. The third-order valence-corrected chi connectivity index (χ3v) is 11.3. The number of carbonyl (C=O) groups is 1. The zero-order valence-corrected chi connectivity index (χ0v) is 30.6. The van der Waals surface area contributed by atoms with Crippen molar-refractivity contribution < 1.29 is 31.1 Å². The van der Waals surface area contributed by atoms with Gasteiger partial charge in [0.1, 0.15) is 5.75 Å². The summed E-state index contributed by atoms with van der Waals surface area (Å²) < 4.78 is 73.5. The second-order valence-electron chi connectivity index (χ2n) is 12.8. The van der Waals surface area contributed by atoms with Crippen molar-refractivity contribution in [3.63, 3.8) is 0 Å². The number of ether oxygens (including phenoxy) is 1. The lowest BCUT2D eigenvalue weighted by Gasteiger charge is -2.36. The van der Waals surface area contributed by atoms with Crippen molar-refractivity contribution in [2.24, 2.45) is 0 Å². The average Bonchev–Trinajstić information content (AvgIpc) is 3.13. The van der Waals surface area contributed by atoms with Crippen LogP contribution >= 0.6 is 23.2 Å². The molecule has 1 aromatic heterocycles. The number of anilines is 2. The molecule has 0 spiro atoms. The van der Waals surface area contributed by atoms with Crippen LogP contribution in [0.15, 0.2) is 72.8 Å². The number of rotatable bonds is 10. The highest BCUT2D eigenvalue weighted by Gasteiger charge is 2.33. The third kappa shape index (κ3) is 9.27. The van der Waals surface area contributed by atoms with Gasteiger partial charge in [0.05, 0.1) is 27.2 Å². The fraction of sp³-hybridized carbons (Fsp3) is 0.361. The van der Waals surface area contributed by atoms with E-state index in [0.29, 0.717) is 72.3 Å². The van der Waals surface area contributed by atoms with E-state index in [9.17, 15) is 26.4 Å². The summed E-state index contributed by atoms with van der Waals surface area (Å²) in [7, 11) is -3.90. The Morgan fingerprint density at radius 2 is 1.60 bits per heavy atom. The van der Waals surface area contributed by atoms with E-state index in [0.717, 1.165) is 37.3 Å². The van der Waals surface area contributed by atoms with E-state index in [1.165, 1.54) is 6.07 Å². The molecule has 10 nitrogen and oxygen atoms in total. The van der Waals surface area contributed by atoms with Crippen molar-refractivity contribution in [2.45, 2.75) is 37.6 Å². The van der Waals surface area contributed by atoms with Gasteiger partial charge >= 0.3 is 6.18 Å². The molecule has 52 heavy (non-hydrogen) atoms. The molecule has 0 bridgehead atoms. The normalized spacial score (nSPS) is 16.2. The van der Waals surface area contributed by atoms with Crippen molar-refractivity contribution in [3.8, 4) is 11.6 Å². The number of nitrogens with zero attached hydrogens (tertiary/aromatic N) is 5. The Bertz CT molecular complexity index is 1990. The van der Waals surface area contributed by atoms with Crippen LogP contribution in [0.25, 0.3) is 0 Å². The molecule has 1 N–H and O–H groups in total. The summed E-state index contributed by atoms with van der Waals surface area (Å²) in [6.07, 6.45) is -3.17. The highest BCUT2D eigenvalue weighted by molar-refractivity contribution is 7.91. The summed E-state index contributed by atoms with van der Waals surface area (Å²) in [6, 6.07) is 19.1. The zero-order valence-electron chi connectivity index (χ0n) is 28.2. The molecule has 0 saturated carbocycles. The predicted octanol–water partition coefficient (Wildman–Crippen LogP) is 7.70. The Hall–Kier alpha value is -4.11. The number of piperazine rings is 1. The standard InChI is InChI=1S/C36H37Cl2F3N6O4S/c1-2-45-17-19-46(20-18-45)32-10-6-27(22-31(32)44-52(49,50)23-24-3-9-29(37)30(38)21-24)35(48)47-15-13-26(14-16-47)25-4-7-28(8-5-25)51-34-12-11-33(42-43-34)36(39,40)41/h3-12,21-22,26,44H,2,13-20,23H2,1H3. The summed E-state index contributed by atoms with van der Waals surface area (Å²) in [5.41, 5.74) is 1.86. The number of nitrogens with one attached hydrogen (secondary N) is 1. The molecule has 2 aliphatic rings. The van der Waals surface area contributed by atoms with Gasteiger partial charge in [-0.2, -0.15) is 13.2 Å². The Kier molecular flexibility index (Phi) is 11.5. The van der Waals surface area contributed by atoms with Crippen LogP contribution in [0.5, 0.6) is 11.6 Å². The van der Waals surface area contributed by atoms with Crippen LogP contribution in [0.1, 0.15) is 52.9 Å². The predicted molar refractivity (Wildman–Crippen MR) is 195 cm³/mol. The molecule has 0 atom stereocenters. The Labute approximate surface area is 310 Å². The molecule has 2 aliphatic heterocycles. The van der Waals surface area contributed by atoms with Crippen molar-refractivity contribution in [1.82, 2.24) is 20.0 Å². The SMILES string of the molecule is CCN1CCN(c2ccc(C(=O)N3CCC(c4ccc(Oc5ccc(C(F)(F)F)nn5)cc4)CC3)cc2NS(=O)(=O)Cc2ccc(Cl)c(Cl)c2)CC1. The number of piperidine rings is 1. The van der Waals surface area contributed by atoms with E-state index in [1.54, 1.807) is 41.3 Å². The number of likely N-dealkylation sites (tertiary alicyclic amines) is 1. The molecule has 2 saturated heterocycles. The number of hydrogen-bond acceptors (Lipinski definition) is 8. The van der Waals surface area contributed by atoms with Gasteiger partial charge in [0.2, 0.25) is 15.9 Å². The first-order valence-corrected chi connectivity index (χ1v) is 19.2. The number of carbonyl (C=O) groups excluding carboxylic acids is 1. The molecule has 1 amide bonds. The van der Waals surface area contributed by atoms with Gasteiger partial charge in [0.25, 0.3) is 5.91 Å². The second kappa shape index (κ2) is 15.9. The monoisotopic (exact) mass is 776 g/mol. The van der Waals surface area contributed by atoms with Crippen molar-refractivity contribution in [1.29, 1.82) is 0 Å². The minimum absolute atomic E-state index is 0.0536. The van der Waals surface area contributed by atoms with Crippen molar-refractivity contribution in [3.05, 3.63) is 105 Å². The Morgan fingerprint density at radius 3 is 2.21 bits per heavy atom. The second-order valence-corrected chi connectivity index (χ2v) is 15.3. The first-order chi connectivity index (χ1) is 24.8. The molecule has 3 aromatic carbocycles. The quantitative estimate of drug-likeness (QED) is 0.175. The summed E-state index contributed by atoms with van der Waals surface area (Å²) in [5.74, 6) is 0.0186. The van der Waals surface area contributed by atoms with E-state index in [1.807, 2.05) is 18.2 Å². The number of halogens is 5. The smallest absolute Gasteiger partial charge is 0.435 e. The molecule has 0 aliphatic carbocycles. The highest BCUT2D eigenvalue weighted by Crippen LogP contribution is 2.34. The molecule has 276 valence electrons. The lowest BCUT2D eigenvalue weighted by atomic mass is 9.89. The minimum Gasteiger partial charge on any atom is -0.438 e. The molecule has 2 fully saturated rings. The number of amides is 1. The number of benzene rings is 3. The molecule has 4 aromatic rings. The molecule has 6 rings (SSSR count). The number of aromatic nitrogens is 2. The minimum atomic E-state index is -4.58. The van der Waals surface area contributed by atoms with Crippen LogP contribution < -0.4 is 14.4 Å². The van der Waals surface area contributed by atoms with Gasteiger partial charge in [0, 0.05) is 50.9 Å². The molecule has 0 unspecified atom stereocenters. The van der Waals surface area contributed by atoms with Gasteiger partial charge in [-0.1, -0.05) is 48.3 Å². The molecule has 16 heteroatoms. The van der Waals surface area contributed by atoms with E-state index in [2.05, 4.69) is 31.6 Å². The highest BCUT2D eigenvalue weighted by atomic mass is 35.5. The van der Waals surface area contributed by atoms with Crippen LogP contribution in [0, 0.1) is 0 Å². The zero-order chi connectivity index (χ0) is 37.0. The van der Waals surface area contributed by atoms with Crippen LogP contribution in [0.2, 0.25) is 10.0 Å². The fourth-order valence-corrected chi connectivity index (χ4v) is 7.95. The topological polar surface area (TPSA) is 108 Å².